The lowest BCUT2D eigenvalue weighted by molar-refractivity contribution is 0.0586. The van der Waals surface area contributed by atoms with Crippen LogP contribution >= 0.6 is 0 Å². The van der Waals surface area contributed by atoms with E-state index in [1.807, 2.05) is 30.3 Å². The summed E-state index contributed by atoms with van der Waals surface area (Å²) < 4.78 is 5.52. The molecule has 2 heterocycles. The first-order valence-corrected chi connectivity index (χ1v) is 9.92. The Hall–Kier alpha value is -2.99. The minimum Gasteiger partial charge on any atom is -0.484 e. The third-order valence-electron chi connectivity index (χ3n) is 5.78. The monoisotopic (exact) mass is 401 g/mol. The number of hydrogen-bond acceptors (Lipinski definition) is 4. The Kier molecular flexibility index (Phi) is 6.44. The smallest absolute Gasteiger partial charge is 0.407 e. The fraction of sp³-hybridized carbons (Fsp3) is 0.524. The van der Waals surface area contributed by atoms with E-state index in [1.165, 1.54) is 4.90 Å². The molecule has 0 atom stereocenters. The van der Waals surface area contributed by atoms with Gasteiger partial charge >= 0.3 is 12.1 Å². The molecule has 0 unspecified atom stereocenters. The van der Waals surface area contributed by atoms with Crippen molar-refractivity contribution in [2.24, 2.45) is 0 Å². The number of amides is 3. The zero-order chi connectivity index (χ0) is 20.9. The Bertz CT molecular complexity index is 775. The molecule has 2 N–H and O–H groups in total. The highest BCUT2D eigenvalue weighted by molar-refractivity contribution is 5.75. The lowest BCUT2D eigenvalue weighted by Gasteiger charge is -2.43. The highest BCUT2D eigenvalue weighted by Crippen LogP contribution is 2.33. The van der Waals surface area contributed by atoms with Gasteiger partial charge in [0.05, 0.1) is 5.54 Å². The SMILES string of the molecule is CC(=C=O)OC1CCN(C(=O)NC2(c3ccccc3)CCN(C(=O)O)CC2)CC1. The van der Waals surface area contributed by atoms with Gasteiger partial charge < -0.3 is 25.0 Å². The maximum atomic E-state index is 13.0. The van der Waals surface area contributed by atoms with Crippen molar-refractivity contribution in [3.63, 3.8) is 0 Å². The first kappa shape index (κ1) is 20.7. The highest BCUT2D eigenvalue weighted by Gasteiger charge is 2.40. The average Bonchev–Trinajstić information content (AvgIpc) is 2.75. The van der Waals surface area contributed by atoms with Crippen LogP contribution in [-0.4, -0.2) is 65.3 Å². The summed E-state index contributed by atoms with van der Waals surface area (Å²) in [6.07, 6.45) is 1.34. The maximum absolute atomic E-state index is 13.0. The molecule has 0 spiro atoms. The number of urea groups is 1. The summed E-state index contributed by atoms with van der Waals surface area (Å²) in [5.41, 5.74) is 0.400. The molecule has 1 aromatic rings. The molecule has 0 aliphatic carbocycles. The number of allylic oxidation sites excluding steroid dienone is 1. The Morgan fingerprint density at radius 1 is 1.10 bits per heavy atom. The fourth-order valence-corrected chi connectivity index (χ4v) is 4.06. The molecule has 8 heteroatoms. The third kappa shape index (κ3) is 4.90. The van der Waals surface area contributed by atoms with E-state index in [0.29, 0.717) is 51.9 Å². The van der Waals surface area contributed by atoms with E-state index in [2.05, 4.69) is 5.32 Å². The summed E-state index contributed by atoms with van der Waals surface area (Å²) in [4.78, 5) is 38.1. The number of hydrogen-bond donors (Lipinski definition) is 2. The van der Waals surface area contributed by atoms with Crippen molar-refractivity contribution in [2.75, 3.05) is 26.2 Å². The van der Waals surface area contributed by atoms with Crippen LogP contribution in [0.25, 0.3) is 0 Å². The van der Waals surface area contributed by atoms with Gasteiger partial charge in [-0.3, -0.25) is 0 Å². The molecule has 8 nitrogen and oxygen atoms in total. The van der Waals surface area contributed by atoms with Crippen LogP contribution in [0.1, 0.15) is 38.2 Å². The van der Waals surface area contributed by atoms with Crippen LogP contribution in [-0.2, 0) is 15.1 Å². The molecule has 2 aliphatic rings. The second-order valence-corrected chi connectivity index (χ2v) is 7.61. The van der Waals surface area contributed by atoms with Crippen LogP contribution in [0.5, 0.6) is 0 Å². The van der Waals surface area contributed by atoms with E-state index in [4.69, 9.17) is 4.74 Å². The number of nitrogens with zero attached hydrogens (tertiary/aromatic N) is 2. The summed E-state index contributed by atoms with van der Waals surface area (Å²) in [7, 11) is 0. The maximum Gasteiger partial charge on any atom is 0.407 e. The van der Waals surface area contributed by atoms with Crippen molar-refractivity contribution < 1.29 is 24.2 Å². The zero-order valence-electron chi connectivity index (χ0n) is 16.6. The van der Waals surface area contributed by atoms with Gasteiger partial charge in [0, 0.05) is 45.9 Å². The number of benzene rings is 1. The van der Waals surface area contributed by atoms with Crippen molar-refractivity contribution in [1.29, 1.82) is 0 Å². The minimum absolute atomic E-state index is 0.0811. The molecule has 3 rings (SSSR count). The van der Waals surface area contributed by atoms with E-state index in [9.17, 15) is 19.5 Å². The molecule has 1 aromatic carbocycles. The first-order valence-electron chi connectivity index (χ1n) is 9.92. The molecule has 0 bridgehead atoms. The molecule has 0 aromatic heterocycles. The number of piperidine rings is 2. The summed E-state index contributed by atoms with van der Waals surface area (Å²) in [6.45, 7) is 3.40. The van der Waals surface area contributed by atoms with Gasteiger partial charge in [0.2, 0.25) is 0 Å². The molecule has 2 aliphatic heterocycles. The summed E-state index contributed by atoms with van der Waals surface area (Å²) in [5.74, 6) is 1.98. The van der Waals surface area contributed by atoms with Gasteiger partial charge in [0.15, 0.2) is 11.7 Å². The van der Waals surface area contributed by atoms with E-state index >= 15 is 0 Å². The predicted molar refractivity (Wildman–Crippen MR) is 106 cm³/mol. The number of carbonyl (C=O) groups is 2. The van der Waals surface area contributed by atoms with Gasteiger partial charge in [0.1, 0.15) is 6.10 Å². The Balaban J connectivity index is 1.67. The number of carboxylic acid groups (broad SMARTS) is 1. The number of nitrogens with one attached hydrogen (secondary N) is 1. The van der Waals surface area contributed by atoms with Gasteiger partial charge in [-0.05, 0) is 18.4 Å². The lowest BCUT2D eigenvalue weighted by atomic mass is 9.81. The third-order valence-corrected chi connectivity index (χ3v) is 5.78. The number of likely N-dealkylation sites (tertiary alicyclic amines) is 2. The quantitative estimate of drug-likeness (QED) is 0.597. The van der Waals surface area contributed by atoms with Crippen molar-refractivity contribution in [2.45, 2.75) is 44.2 Å². The van der Waals surface area contributed by atoms with E-state index in [1.54, 1.807) is 17.8 Å². The molecule has 3 amide bonds. The largest absolute Gasteiger partial charge is 0.484 e. The topological polar surface area (TPSA) is 99.2 Å². The van der Waals surface area contributed by atoms with E-state index in [-0.39, 0.29) is 17.9 Å². The van der Waals surface area contributed by atoms with Crippen LogP contribution in [0.4, 0.5) is 9.59 Å². The van der Waals surface area contributed by atoms with Crippen molar-refractivity contribution in [3.8, 4) is 0 Å². The Morgan fingerprint density at radius 2 is 1.72 bits per heavy atom. The van der Waals surface area contributed by atoms with Gasteiger partial charge in [-0.2, -0.15) is 0 Å². The molecule has 0 radical (unpaired) electrons. The van der Waals surface area contributed by atoms with Gasteiger partial charge in [-0.1, -0.05) is 30.3 Å². The number of carbonyl (C=O) groups excluding carboxylic acids is 2. The van der Waals surface area contributed by atoms with Crippen molar-refractivity contribution in [1.82, 2.24) is 15.1 Å². The lowest BCUT2D eigenvalue weighted by Crippen LogP contribution is -2.57. The van der Waals surface area contributed by atoms with Gasteiger partial charge in [0.25, 0.3) is 0 Å². The number of rotatable bonds is 4. The normalized spacial score (nSPS) is 19.2. The predicted octanol–water partition coefficient (Wildman–Crippen LogP) is 2.58. The zero-order valence-corrected chi connectivity index (χ0v) is 16.6. The summed E-state index contributed by atoms with van der Waals surface area (Å²) in [5, 5.41) is 12.5. The average molecular weight is 401 g/mol. The Labute approximate surface area is 170 Å². The summed E-state index contributed by atoms with van der Waals surface area (Å²) in [6, 6.07) is 9.58. The second kappa shape index (κ2) is 9.01. The van der Waals surface area contributed by atoms with Crippen LogP contribution < -0.4 is 5.32 Å². The minimum atomic E-state index is -0.931. The van der Waals surface area contributed by atoms with E-state index < -0.39 is 11.6 Å². The molecule has 156 valence electrons. The fourth-order valence-electron chi connectivity index (χ4n) is 4.06. The first-order chi connectivity index (χ1) is 13.9. The second-order valence-electron chi connectivity index (χ2n) is 7.61. The summed E-state index contributed by atoms with van der Waals surface area (Å²) >= 11 is 0. The molecular weight excluding hydrogens is 374 g/mol. The molecule has 29 heavy (non-hydrogen) atoms. The van der Waals surface area contributed by atoms with E-state index in [0.717, 1.165) is 5.56 Å². The van der Waals surface area contributed by atoms with Crippen molar-refractivity contribution >= 4 is 18.1 Å². The highest BCUT2D eigenvalue weighted by atomic mass is 16.5. The molecule has 2 saturated heterocycles. The van der Waals surface area contributed by atoms with Gasteiger partial charge in [-0.15, -0.1) is 0 Å². The van der Waals surface area contributed by atoms with Gasteiger partial charge in [-0.25, -0.2) is 14.4 Å². The standard InChI is InChI=1S/C21H27N3O5/c1-16(15-25)29-18-7-11-23(12-8-18)19(26)22-21(17-5-3-2-4-6-17)9-13-24(14-10-21)20(27)28/h2-6,18H,7-14H2,1H3,(H,22,26)(H,27,28). The molecule has 0 saturated carbocycles. The molecular formula is C21H27N3O5. The Morgan fingerprint density at radius 3 is 2.28 bits per heavy atom. The molecule has 2 fully saturated rings. The van der Waals surface area contributed by atoms with Crippen molar-refractivity contribution in [3.05, 3.63) is 41.7 Å². The van der Waals surface area contributed by atoms with Crippen LogP contribution in [0.3, 0.4) is 0 Å². The number of ether oxygens (including phenoxy) is 1. The van der Waals surface area contributed by atoms with Crippen LogP contribution in [0.15, 0.2) is 36.1 Å². The van der Waals surface area contributed by atoms with Crippen LogP contribution in [0, 0.1) is 0 Å². The van der Waals surface area contributed by atoms with Crippen LogP contribution in [0.2, 0.25) is 0 Å².